The van der Waals surface area contributed by atoms with Crippen LogP contribution in [0.25, 0.3) is 0 Å². The molecular formula is C18H22N4O3. The van der Waals surface area contributed by atoms with Crippen LogP contribution in [-0.4, -0.2) is 49.4 Å². The van der Waals surface area contributed by atoms with Crippen molar-refractivity contribution < 1.29 is 14.0 Å². The van der Waals surface area contributed by atoms with Gasteiger partial charge in [0, 0.05) is 31.9 Å². The topological polar surface area (TPSA) is 91.8 Å². The molecule has 0 aliphatic carbocycles. The molecule has 2 heterocycles. The van der Waals surface area contributed by atoms with Gasteiger partial charge in [0.25, 0.3) is 5.91 Å². The zero-order valence-corrected chi connectivity index (χ0v) is 14.0. The van der Waals surface area contributed by atoms with Gasteiger partial charge in [-0.3, -0.25) is 9.59 Å². The minimum Gasteiger partial charge on any atom is -0.467 e. The van der Waals surface area contributed by atoms with Crippen LogP contribution in [0.15, 0.2) is 47.1 Å². The van der Waals surface area contributed by atoms with Gasteiger partial charge >= 0.3 is 0 Å². The number of carbonyl (C=O) groups excluding carboxylic acids is 2. The standard InChI is InChI=1S/C18H22N4O3/c19-11-16-10-14(13-25-16)18(24)20-12-17(23)22-8-6-21(7-9-22)15-4-2-1-3-5-15/h1-5,10,13H,6-9,11-12,19H2,(H,20,24). The van der Waals surface area contributed by atoms with E-state index >= 15 is 0 Å². The van der Waals surface area contributed by atoms with E-state index in [0.29, 0.717) is 24.4 Å². The van der Waals surface area contributed by atoms with Crippen molar-refractivity contribution in [1.82, 2.24) is 10.2 Å². The van der Waals surface area contributed by atoms with Crippen molar-refractivity contribution in [3.05, 3.63) is 54.0 Å². The number of hydrogen-bond donors (Lipinski definition) is 2. The molecule has 0 saturated carbocycles. The van der Waals surface area contributed by atoms with Gasteiger partial charge in [0.15, 0.2) is 0 Å². The summed E-state index contributed by atoms with van der Waals surface area (Å²) < 4.78 is 5.13. The first-order valence-corrected chi connectivity index (χ1v) is 8.31. The van der Waals surface area contributed by atoms with E-state index < -0.39 is 0 Å². The highest BCUT2D eigenvalue weighted by Gasteiger charge is 2.21. The number of para-hydroxylation sites is 1. The fraction of sp³-hybridized carbons (Fsp3) is 0.333. The lowest BCUT2D eigenvalue weighted by Crippen LogP contribution is -2.51. The Bertz CT molecular complexity index is 721. The third-order valence-corrected chi connectivity index (χ3v) is 4.27. The van der Waals surface area contributed by atoms with Gasteiger partial charge in [0.05, 0.1) is 18.7 Å². The number of nitrogens with zero attached hydrogens (tertiary/aromatic N) is 2. The SMILES string of the molecule is NCc1cc(C(=O)NCC(=O)N2CCN(c3ccccc3)CC2)co1. The predicted molar refractivity (Wildman–Crippen MR) is 94.2 cm³/mol. The summed E-state index contributed by atoms with van der Waals surface area (Å²) in [6.07, 6.45) is 1.35. The van der Waals surface area contributed by atoms with Crippen molar-refractivity contribution in [3.63, 3.8) is 0 Å². The molecule has 1 saturated heterocycles. The molecule has 1 aromatic heterocycles. The molecule has 132 valence electrons. The monoisotopic (exact) mass is 342 g/mol. The highest BCUT2D eigenvalue weighted by atomic mass is 16.3. The van der Waals surface area contributed by atoms with Crippen molar-refractivity contribution in [2.75, 3.05) is 37.6 Å². The van der Waals surface area contributed by atoms with Gasteiger partial charge in [-0.25, -0.2) is 0 Å². The third kappa shape index (κ3) is 4.19. The fourth-order valence-corrected chi connectivity index (χ4v) is 2.83. The number of anilines is 1. The molecule has 0 bridgehead atoms. The minimum absolute atomic E-state index is 0.0205. The number of amides is 2. The van der Waals surface area contributed by atoms with Gasteiger partial charge in [0.2, 0.25) is 5.91 Å². The lowest BCUT2D eigenvalue weighted by atomic mass is 10.2. The van der Waals surface area contributed by atoms with Crippen molar-refractivity contribution in [3.8, 4) is 0 Å². The molecule has 1 fully saturated rings. The largest absolute Gasteiger partial charge is 0.467 e. The number of nitrogens with one attached hydrogen (secondary N) is 1. The van der Waals surface area contributed by atoms with Gasteiger partial charge in [0.1, 0.15) is 12.0 Å². The molecule has 7 nitrogen and oxygen atoms in total. The molecule has 1 aromatic carbocycles. The highest BCUT2D eigenvalue weighted by Crippen LogP contribution is 2.15. The maximum absolute atomic E-state index is 12.3. The molecule has 2 aromatic rings. The summed E-state index contributed by atoms with van der Waals surface area (Å²) in [6.45, 7) is 3.07. The van der Waals surface area contributed by atoms with Gasteiger partial charge < -0.3 is 25.3 Å². The van der Waals surface area contributed by atoms with Crippen molar-refractivity contribution in [2.24, 2.45) is 5.73 Å². The van der Waals surface area contributed by atoms with Crippen LogP contribution in [0.5, 0.6) is 0 Å². The summed E-state index contributed by atoms with van der Waals surface area (Å²) in [7, 11) is 0. The van der Waals surface area contributed by atoms with Crippen LogP contribution in [-0.2, 0) is 11.3 Å². The van der Waals surface area contributed by atoms with Crippen molar-refractivity contribution >= 4 is 17.5 Å². The van der Waals surface area contributed by atoms with E-state index in [-0.39, 0.29) is 24.9 Å². The number of benzene rings is 1. The summed E-state index contributed by atoms with van der Waals surface area (Å²) in [6, 6.07) is 11.7. The van der Waals surface area contributed by atoms with Crippen LogP contribution < -0.4 is 16.0 Å². The molecule has 0 atom stereocenters. The van der Waals surface area contributed by atoms with Gasteiger partial charge in [-0.2, -0.15) is 0 Å². The van der Waals surface area contributed by atoms with Gasteiger partial charge in [-0.15, -0.1) is 0 Å². The molecule has 25 heavy (non-hydrogen) atoms. The molecule has 2 amide bonds. The van der Waals surface area contributed by atoms with Gasteiger partial charge in [-0.05, 0) is 18.2 Å². The fourth-order valence-electron chi connectivity index (χ4n) is 2.83. The average Bonchev–Trinajstić information content (AvgIpc) is 3.16. The maximum atomic E-state index is 12.3. The predicted octanol–water partition coefficient (Wildman–Crippen LogP) is 0.817. The Labute approximate surface area is 146 Å². The van der Waals surface area contributed by atoms with E-state index in [1.165, 1.54) is 12.0 Å². The number of hydrogen-bond acceptors (Lipinski definition) is 5. The Morgan fingerprint density at radius 2 is 1.84 bits per heavy atom. The summed E-state index contributed by atoms with van der Waals surface area (Å²) in [5.74, 6) is 0.122. The van der Waals surface area contributed by atoms with Gasteiger partial charge in [-0.1, -0.05) is 18.2 Å². The zero-order chi connectivity index (χ0) is 17.6. The Morgan fingerprint density at radius 1 is 1.12 bits per heavy atom. The molecule has 0 spiro atoms. The summed E-state index contributed by atoms with van der Waals surface area (Å²) in [5.41, 5.74) is 6.99. The molecule has 3 rings (SSSR count). The first-order chi connectivity index (χ1) is 12.2. The first kappa shape index (κ1) is 17.0. The normalized spacial score (nSPS) is 14.4. The highest BCUT2D eigenvalue weighted by molar-refractivity contribution is 5.96. The average molecular weight is 342 g/mol. The number of rotatable bonds is 5. The molecule has 0 radical (unpaired) electrons. The second kappa shape index (κ2) is 7.85. The number of carbonyl (C=O) groups is 2. The van der Waals surface area contributed by atoms with Crippen LogP contribution in [0.1, 0.15) is 16.1 Å². The second-order valence-corrected chi connectivity index (χ2v) is 5.89. The van der Waals surface area contributed by atoms with E-state index in [0.717, 1.165) is 13.1 Å². The van der Waals surface area contributed by atoms with E-state index in [1.807, 2.05) is 18.2 Å². The quantitative estimate of drug-likeness (QED) is 0.839. The molecule has 0 unspecified atom stereocenters. The number of piperazine rings is 1. The van der Waals surface area contributed by atoms with Crippen LogP contribution in [0.3, 0.4) is 0 Å². The van der Waals surface area contributed by atoms with Crippen LogP contribution >= 0.6 is 0 Å². The van der Waals surface area contributed by atoms with Crippen LogP contribution in [0.4, 0.5) is 5.69 Å². The lowest BCUT2D eigenvalue weighted by Gasteiger charge is -2.36. The van der Waals surface area contributed by atoms with Crippen molar-refractivity contribution in [2.45, 2.75) is 6.54 Å². The van der Waals surface area contributed by atoms with Crippen LogP contribution in [0.2, 0.25) is 0 Å². The minimum atomic E-state index is -0.334. The summed E-state index contributed by atoms with van der Waals surface area (Å²) >= 11 is 0. The second-order valence-electron chi connectivity index (χ2n) is 5.89. The third-order valence-electron chi connectivity index (χ3n) is 4.27. The zero-order valence-electron chi connectivity index (χ0n) is 14.0. The van der Waals surface area contributed by atoms with E-state index in [4.69, 9.17) is 10.2 Å². The lowest BCUT2D eigenvalue weighted by molar-refractivity contribution is -0.130. The molecule has 7 heteroatoms. The van der Waals surface area contributed by atoms with Crippen LogP contribution in [0, 0.1) is 0 Å². The molecule has 1 aliphatic rings. The summed E-state index contributed by atoms with van der Waals surface area (Å²) in [5, 5.41) is 2.63. The Morgan fingerprint density at radius 3 is 2.48 bits per heavy atom. The Balaban J connectivity index is 1.45. The van der Waals surface area contributed by atoms with Crippen molar-refractivity contribution in [1.29, 1.82) is 0 Å². The first-order valence-electron chi connectivity index (χ1n) is 8.31. The smallest absolute Gasteiger partial charge is 0.254 e. The molecule has 1 aliphatic heterocycles. The van der Waals surface area contributed by atoms with E-state index in [1.54, 1.807) is 11.0 Å². The number of furan rings is 1. The Kier molecular flexibility index (Phi) is 5.35. The maximum Gasteiger partial charge on any atom is 0.254 e. The number of nitrogens with two attached hydrogens (primary N) is 1. The summed E-state index contributed by atoms with van der Waals surface area (Å²) in [4.78, 5) is 28.3. The van der Waals surface area contributed by atoms with E-state index in [9.17, 15) is 9.59 Å². The molecule has 3 N–H and O–H groups in total. The Hall–Kier alpha value is -2.80. The molecular weight excluding hydrogens is 320 g/mol. The van der Waals surface area contributed by atoms with E-state index in [2.05, 4.69) is 22.3 Å².